The zero-order valence-corrected chi connectivity index (χ0v) is 11.5. The summed E-state index contributed by atoms with van der Waals surface area (Å²) in [6.07, 6.45) is 2.74. The van der Waals surface area contributed by atoms with Crippen molar-refractivity contribution in [3.05, 3.63) is 29.6 Å². The van der Waals surface area contributed by atoms with Crippen LogP contribution in [0.2, 0.25) is 0 Å². The third kappa shape index (κ3) is 2.23. The lowest BCUT2D eigenvalue weighted by molar-refractivity contribution is -0.0358. The minimum atomic E-state index is -0.245. The number of piperidine rings is 1. The molecule has 0 aliphatic carbocycles. The van der Waals surface area contributed by atoms with E-state index >= 15 is 0 Å². The lowest BCUT2D eigenvalue weighted by Crippen LogP contribution is -2.53. The van der Waals surface area contributed by atoms with Crippen LogP contribution in [0.4, 0.5) is 4.39 Å². The highest BCUT2D eigenvalue weighted by molar-refractivity contribution is 5.39. The van der Waals surface area contributed by atoms with E-state index in [0.717, 1.165) is 37.1 Å². The van der Waals surface area contributed by atoms with Gasteiger partial charge in [0.1, 0.15) is 17.2 Å². The number of likely N-dealkylation sites (tertiary alicyclic amines) is 1. The molecule has 1 aromatic carbocycles. The number of nitrogens with zero attached hydrogens (tertiary/aromatic N) is 1. The first-order valence-corrected chi connectivity index (χ1v) is 6.93. The molecule has 104 valence electrons. The predicted molar refractivity (Wildman–Crippen MR) is 72.6 cm³/mol. The van der Waals surface area contributed by atoms with Gasteiger partial charge in [-0.3, -0.25) is 0 Å². The van der Waals surface area contributed by atoms with Crippen LogP contribution in [0.1, 0.15) is 37.8 Å². The topological polar surface area (TPSA) is 38.5 Å². The molecule has 0 amide bonds. The van der Waals surface area contributed by atoms with Crippen LogP contribution in [0.25, 0.3) is 0 Å². The first-order valence-electron chi connectivity index (χ1n) is 6.93. The lowest BCUT2D eigenvalue weighted by Gasteiger charge is -2.48. The summed E-state index contributed by atoms with van der Waals surface area (Å²) in [6.45, 7) is 3.24. The normalized spacial score (nSPS) is 34.9. The Morgan fingerprint density at radius 1 is 1.42 bits per heavy atom. The van der Waals surface area contributed by atoms with Crippen LogP contribution < -0.4 is 10.5 Å². The van der Waals surface area contributed by atoms with Gasteiger partial charge in [0.25, 0.3) is 0 Å². The summed E-state index contributed by atoms with van der Waals surface area (Å²) in [7, 11) is 2.14. The third-order valence-electron chi connectivity index (χ3n) is 4.63. The van der Waals surface area contributed by atoms with Crippen molar-refractivity contribution in [1.82, 2.24) is 4.90 Å². The standard InChI is InChI=1S/C15H21FN2O/c1-10-8-15(5-6-18(10)2)9-13(17)12-7-11(16)3-4-14(12)19-15/h3-4,7,10,13H,5-6,8-9,17H2,1-2H3/t10?,13-,15?/m0/s1. The van der Waals surface area contributed by atoms with Gasteiger partial charge in [0, 0.05) is 37.0 Å². The summed E-state index contributed by atoms with van der Waals surface area (Å²) >= 11 is 0. The molecule has 0 aromatic heterocycles. The summed E-state index contributed by atoms with van der Waals surface area (Å²) in [5.74, 6) is 0.516. The quantitative estimate of drug-likeness (QED) is 0.782. The molecular formula is C15H21FN2O. The van der Waals surface area contributed by atoms with Crippen molar-refractivity contribution in [1.29, 1.82) is 0 Å². The Hall–Kier alpha value is -1.13. The Balaban J connectivity index is 1.90. The summed E-state index contributed by atoms with van der Waals surface area (Å²) in [6, 6.07) is 5.03. The van der Waals surface area contributed by atoms with Gasteiger partial charge in [-0.1, -0.05) is 0 Å². The van der Waals surface area contributed by atoms with Gasteiger partial charge >= 0.3 is 0 Å². The molecule has 2 aliphatic rings. The fraction of sp³-hybridized carbons (Fsp3) is 0.600. The van der Waals surface area contributed by atoms with Gasteiger partial charge in [0.05, 0.1) is 0 Å². The Morgan fingerprint density at radius 3 is 2.95 bits per heavy atom. The molecule has 3 atom stereocenters. The average Bonchev–Trinajstić information content (AvgIpc) is 2.36. The van der Waals surface area contributed by atoms with Gasteiger partial charge in [0.15, 0.2) is 0 Å². The van der Waals surface area contributed by atoms with E-state index < -0.39 is 0 Å². The van der Waals surface area contributed by atoms with Gasteiger partial charge < -0.3 is 15.4 Å². The monoisotopic (exact) mass is 264 g/mol. The molecule has 0 radical (unpaired) electrons. The fourth-order valence-electron chi connectivity index (χ4n) is 3.36. The van der Waals surface area contributed by atoms with E-state index in [1.165, 1.54) is 12.1 Å². The fourth-order valence-corrected chi connectivity index (χ4v) is 3.36. The largest absolute Gasteiger partial charge is 0.487 e. The molecule has 0 saturated carbocycles. The molecule has 0 bridgehead atoms. The van der Waals surface area contributed by atoms with Crippen LogP contribution >= 0.6 is 0 Å². The maximum absolute atomic E-state index is 13.3. The second-order valence-electron chi connectivity index (χ2n) is 6.06. The van der Waals surface area contributed by atoms with Crippen LogP contribution in [-0.4, -0.2) is 30.1 Å². The van der Waals surface area contributed by atoms with E-state index in [0.29, 0.717) is 6.04 Å². The number of benzene rings is 1. The molecule has 2 N–H and O–H groups in total. The van der Waals surface area contributed by atoms with Gasteiger partial charge in [0.2, 0.25) is 0 Å². The Kier molecular flexibility index (Phi) is 3.02. The van der Waals surface area contributed by atoms with Crippen molar-refractivity contribution in [3.8, 4) is 5.75 Å². The van der Waals surface area contributed by atoms with Crippen LogP contribution in [0, 0.1) is 5.82 Å². The molecule has 4 heteroatoms. The zero-order chi connectivity index (χ0) is 13.6. The Labute approximate surface area is 113 Å². The number of halogens is 1. The van der Waals surface area contributed by atoms with E-state index in [4.69, 9.17) is 10.5 Å². The van der Waals surface area contributed by atoms with E-state index in [-0.39, 0.29) is 17.5 Å². The number of ether oxygens (including phenoxy) is 1. The maximum atomic E-state index is 13.3. The molecule has 2 aliphatic heterocycles. The first kappa shape index (κ1) is 12.9. The molecule has 3 nitrogen and oxygen atoms in total. The van der Waals surface area contributed by atoms with Crippen LogP contribution in [0.3, 0.4) is 0 Å². The molecule has 1 saturated heterocycles. The SMILES string of the molecule is CC1CC2(CCN1C)C[C@H](N)c1cc(F)ccc1O2. The first-order chi connectivity index (χ1) is 8.99. The van der Waals surface area contributed by atoms with E-state index in [1.54, 1.807) is 6.07 Å². The molecule has 3 rings (SSSR count). The lowest BCUT2D eigenvalue weighted by atomic mass is 9.78. The van der Waals surface area contributed by atoms with E-state index in [1.807, 2.05) is 0 Å². The number of rotatable bonds is 0. The van der Waals surface area contributed by atoms with Gasteiger partial charge in [-0.2, -0.15) is 0 Å². The van der Waals surface area contributed by atoms with E-state index in [9.17, 15) is 4.39 Å². The highest BCUT2D eigenvalue weighted by atomic mass is 19.1. The Morgan fingerprint density at radius 2 is 2.21 bits per heavy atom. The minimum absolute atomic E-state index is 0.130. The molecule has 2 heterocycles. The van der Waals surface area contributed by atoms with Crippen molar-refractivity contribution in [3.63, 3.8) is 0 Å². The molecule has 19 heavy (non-hydrogen) atoms. The highest BCUT2D eigenvalue weighted by Crippen LogP contribution is 2.44. The molecular weight excluding hydrogens is 243 g/mol. The molecule has 1 fully saturated rings. The second-order valence-corrected chi connectivity index (χ2v) is 6.06. The molecule has 1 spiro atoms. The smallest absolute Gasteiger partial charge is 0.125 e. The number of nitrogens with two attached hydrogens (primary N) is 1. The third-order valence-corrected chi connectivity index (χ3v) is 4.63. The van der Waals surface area contributed by atoms with Gasteiger partial charge in [-0.15, -0.1) is 0 Å². The highest BCUT2D eigenvalue weighted by Gasteiger charge is 2.44. The summed E-state index contributed by atoms with van der Waals surface area (Å²) < 4.78 is 19.5. The van der Waals surface area contributed by atoms with Crippen molar-refractivity contribution >= 4 is 0 Å². The average molecular weight is 264 g/mol. The van der Waals surface area contributed by atoms with Gasteiger partial charge in [-0.05, 0) is 38.6 Å². The second kappa shape index (κ2) is 4.46. The van der Waals surface area contributed by atoms with Gasteiger partial charge in [-0.25, -0.2) is 4.39 Å². The number of hydrogen-bond donors (Lipinski definition) is 1. The maximum Gasteiger partial charge on any atom is 0.125 e. The predicted octanol–water partition coefficient (Wildman–Crippen LogP) is 2.46. The van der Waals surface area contributed by atoms with Crippen LogP contribution in [0.5, 0.6) is 5.75 Å². The van der Waals surface area contributed by atoms with Crippen molar-refractivity contribution in [2.45, 2.75) is 43.9 Å². The number of hydrogen-bond acceptors (Lipinski definition) is 3. The van der Waals surface area contributed by atoms with Crippen LogP contribution in [-0.2, 0) is 0 Å². The summed E-state index contributed by atoms with van der Waals surface area (Å²) in [5, 5.41) is 0. The molecule has 1 aromatic rings. The van der Waals surface area contributed by atoms with Crippen molar-refractivity contribution < 1.29 is 9.13 Å². The Bertz CT molecular complexity index is 493. The van der Waals surface area contributed by atoms with Crippen molar-refractivity contribution in [2.75, 3.05) is 13.6 Å². The zero-order valence-electron chi connectivity index (χ0n) is 11.5. The summed E-state index contributed by atoms with van der Waals surface area (Å²) in [4.78, 5) is 2.35. The van der Waals surface area contributed by atoms with Crippen molar-refractivity contribution in [2.24, 2.45) is 5.73 Å². The number of fused-ring (bicyclic) bond motifs is 1. The van der Waals surface area contributed by atoms with Crippen LogP contribution in [0.15, 0.2) is 18.2 Å². The molecule has 2 unspecified atom stereocenters. The van der Waals surface area contributed by atoms with E-state index in [2.05, 4.69) is 18.9 Å². The minimum Gasteiger partial charge on any atom is -0.487 e. The summed E-state index contributed by atoms with van der Waals surface area (Å²) in [5.41, 5.74) is 6.87.